The third kappa shape index (κ3) is 54.4. The molecule has 0 aliphatic carbocycles. The third-order valence-electron chi connectivity index (χ3n) is 11.1. The van der Waals surface area contributed by atoms with Crippen LogP contribution in [0, 0.1) is 0 Å². The summed E-state index contributed by atoms with van der Waals surface area (Å²) in [4.78, 5) is 38.0. The average molecular weight is 953 g/mol. The molecule has 0 heterocycles. The first-order chi connectivity index (χ1) is 34.0. The number of hydrogen-bond acceptors (Lipinski definition) is 6. The second kappa shape index (κ2) is 56.1. The highest BCUT2D eigenvalue weighted by Crippen LogP contribution is 2.10. The van der Waals surface area contributed by atoms with Crippen molar-refractivity contribution in [1.29, 1.82) is 0 Å². The summed E-state index contributed by atoms with van der Waals surface area (Å²) in [6, 6.07) is 0. The summed E-state index contributed by atoms with van der Waals surface area (Å²) in [5.41, 5.74) is 0. The van der Waals surface area contributed by atoms with E-state index in [1.165, 1.54) is 96.3 Å². The smallest absolute Gasteiger partial charge is 0.306 e. The van der Waals surface area contributed by atoms with Gasteiger partial charge in [0.1, 0.15) is 13.2 Å². The summed E-state index contributed by atoms with van der Waals surface area (Å²) in [7, 11) is 0. The van der Waals surface area contributed by atoms with Crippen LogP contribution in [0.4, 0.5) is 0 Å². The quantitative estimate of drug-likeness (QED) is 0.0262. The average Bonchev–Trinajstić information content (AvgIpc) is 3.35. The van der Waals surface area contributed by atoms with Gasteiger partial charge in [-0.3, -0.25) is 14.4 Å². The van der Waals surface area contributed by atoms with Gasteiger partial charge in [-0.05, 0) is 128 Å². The van der Waals surface area contributed by atoms with Crippen LogP contribution in [-0.2, 0) is 28.6 Å². The number of carbonyl (C=O) groups excluding carboxylic acids is 3. The van der Waals surface area contributed by atoms with Gasteiger partial charge in [0.15, 0.2) is 6.10 Å². The van der Waals surface area contributed by atoms with E-state index in [1.54, 1.807) is 0 Å². The Morgan fingerprint density at radius 3 is 0.957 bits per heavy atom. The van der Waals surface area contributed by atoms with E-state index in [2.05, 4.69) is 142 Å². The van der Waals surface area contributed by atoms with Gasteiger partial charge in [0.25, 0.3) is 0 Å². The number of unbranched alkanes of at least 4 members (excludes halogenated alkanes) is 15. The minimum atomic E-state index is -0.859. The number of hydrogen-bond donors (Lipinski definition) is 0. The molecular formula is C63H100O6. The van der Waals surface area contributed by atoms with Gasteiger partial charge in [0, 0.05) is 19.3 Å². The number of carbonyl (C=O) groups is 3. The van der Waals surface area contributed by atoms with Crippen molar-refractivity contribution in [1.82, 2.24) is 0 Å². The van der Waals surface area contributed by atoms with E-state index >= 15 is 0 Å². The van der Waals surface area contributed by atoms with Crippen LogP contribution >= 0.6 is 0 Å². The molecule has 6 nitrogen and oxygen atoms in total. The Balaban J connectivity index is 4.66. The summed E-state index contributed by atoms with van der Waals surface area (Å²) in [6.45, 7) is 6.42. The molecule has 0 saturated carbocycles. The molecule has 0 unspecified atom stereocenters. The predicted molar refractivity (Wildman–Crippen MR) is 297 cm³/mol. The number of allylic oxidation sites excluding steroid dienone is 22. The summed E-state index contributed by atoms with van der Waals surface area (Å²) >= 11 is 0. The van der Waals surface area contributed by atoms with E-state index in [9.17, 15) is 14.4 Å². The molecule has 0 rings (SSSR count). The molecule has 0 amide bonds. The van der Waals surface area contributed by atoms with Gasteiger partial charge in [-0.2, -0.15) is 0 Å². The molecule has 0 fully saturated rings. The van der Waals surface area contributed by atoms with E-state index in [0.29, 0.717) is 19.3 Å². The predicted octanol–water partition coefficient (Wildman–Crippen LogP) is 18.6. The molecule has 0 aromatic heterocycles. The molecule has 0 aromatic rings. The molecule has 69 heavy (non-hydrogen) atoms. The highest BCUT2D eigenvalue weighted by molar-refractivity contribution is 5.71. The van der Waals surface area contributed by atoms with Crippen LogP contribution in [0.15, 0.2) is 134 Å². The molecule has 0 spiro atoms. The van der Waals surface area contributed by atoms with E-state index in [-0.39, 0.29) is 44.4 Å². The zero-order chi connectivity index (χ0) is 50.0. The van der Waals surface area contributed by atoms with Crippen molar-refractivity contribution in [3.8, 4) is 0 Å². The lowest BCUT2D eigenvalue weighted by Crippen LogP contribution is -2.30. The maximum absolute atomic E-state index is 12.8. The van der Waals surface area contributed by atoms with Crippen molar-refractivity contribution in [2.45, 2.75) is 232 Å². The Hall–Kier alpha value is -4.45. The van der Waals surface area contributed by atoms with Gasteiger partial charge < -0.3 is 14.2 Å². The molecule has 0 aliphatic heterocycles. The van der Waals surface area contributed by atoms with Crippen LogP contribution in [-0.4, -0.2) is 37.2 Å². The SMILES string of the molecule is CCCCC/C=C\C/C=C\C/C=C\C/C=C\C/C=C\CCC(=O)O[C@@H](COC(=O)CCC/C=C\C/C=C\C/C=C\CCCCCCCC)COC(=O)CCCC/C=C\C/C=C\C/C=C\CCCCC. The van der Waals surface area contributed by atoms with Gasteiger partial charge in [-0.25, -0.2) is 0 Å². The summed E-state index contributed by atoms with van der Waals surface area (Å²) in [5, 5.41) is 0. The minimum Gasteiger partial charge on any atom is -0.462 e. The van der Waals surface area contributed by atoms with E-state index in [0.717, 1.165) is 70.6 Å². The van der Waals surface area contributed by atoms with Crippen molar-refractivity contribution < 1.29 is 28.6 Å². The van der Waals surface area contributed by atoms with Gasteiger partial charge in [0.05, 0.1) is 0 Å². The molecule has 0 radical (unpaired) electrons. The van der Waals surface area contributed by atoms with E-state index in [1.807, 2.05) is 12.2 Å². The van der Waals surface area contributed by atoms with Crippen LogP contribution in [0.5, 0.6) is 0 Å². The summed E-state index contributed by atoms with van der Waals surface area (Å²) in [6.07, 6.45) is 78.8. The van der Waals surface area contributed by atoms with Crippen LogP contribution in [0.25, 0.3) is 0 Å². The Kier molecular flexibility index (Phi) is 52.5. The lowest BCUT2D eigenvalue weighted by molar-refractivity contribution is -0.166. The molecule has 1 atom stereocenters. The Morgan fingerprint density at radius 2 is 0.565 bits per heavy atom. The summed E-state index contributed by atoms with van der Waals surface area (Å²) in [5.74, 6) is -1.13. The normalized spacial score (nSPS) is 13.1. The second-order valence-corrected chi connectivity index (χ2v) is 17.8. The lowest BCUT2D eigenvalue weighted by atomic mass is 10.1. The van der Waals surface area contributed by atoms with Crippen LogP contribution in [0.2, 0.25) is 0 Å². The second-order valence-electron chi connectivity index (χ2n) is 17.8. The molecule has 0 aliphatic rings. The maximum atomic E-state index is 12.8. The first-order valence-electron chi connectivity index (χ1n) is 27.7. The standard InChI is InChI=1S/C63H100O6/c1-4-7-10-13-16-19-22-25-28-30-31-33-36-39-42-45-48-51-54-57-63(66)69-60(58-67-61(64)55-52-49-46-43-40-37-34-27-24-21-18-15-12-9-6-3)59-68-62(65)56-53-50-47-44-41-38-35-32-29-26-23-20-17-14-11-8-5-2/h16,18-19,21,25-29,31,33-35,38-40,42-44,47-48,51,60H,4-15,17,20,22-24,30,32,36-37,41,45-46,49-50,52-59H2,1-3H3/b19-16-,21-18-,28-25-,29-26-,33-31-,34-27-,38-35-,42-39-,43-40-,47-44-,51-48-/t60-/m1/s1. The highest BCUT2D eigenvalue weighted by Gasteiger charge is 2.19. The lowest BCUT2D eigenvalue weighted by Gasteiger charge is -2.18. The molecule has 388 valence electrons. The van der Waals surface area contributed by atoms with Gasteiger partial charge >= 0.3 is 17.9 Å². The van der Waals surface area contributed by atoms with Crippen molar-refractivity contribution in [3.63, 3.8) is 0 Å². The van der Waals surface area contributed by atoms with Gasteiger partial charge in [-0.1, -0.05) is 212 Å². The summed E-state index contributed by atoms with van der Waals surface area (Å²) < 4.78 is 16.7. The fourth-order valence-corrected chi connectivity index (χ4v) is 6.92. The fraction of sp³-hybridized carbons (Fsp3) is 0.603. The Bertz CT molecular complexity index is 1510. The molecule has 0 N–H and O–H groups in total. The monoisotopic (exact) mass is 953 g/mol. The maximum Gasteiger partial charge on any atom is 0.306 e. The molecule has 0 saturated heterocycles. The fourth-order valence-electron chi connectivity index (χ4n) is 6.92. The molecule has 6 heteroatoms. The van der Waals surface area contributed by atoms with Crippen molar-refractivity contribution in [2.24, 2.45) is 0 Å². The van der Waals surface area contributed by atoms with Crippen LogP contribution in [0.3, 0.4) is 0 Å². The minimum absolute atomic E-state index is 0.148. The molecular weight excluding hydrogens is 853 g/mol. The number of rotatable bonds is 48. The number of esters is 3. The zero-order valence-electron chi connectivity index (χ0n) is 44.3. The number of ether oxygens (including phenoxy) is 3. The van der Waals surface area contributed by atoms with Crippen molar-refractivity contribution in [3.05, 3.63) is 134 Å². The largest absolute Gasteiger partial charge is 0.462 e. The Morgan fingerprint density at radius 1 is 0.290 bits per heavy atom. The first-order valence-corrected chi connectivity index (χ1v) is 27.7. The van der Waals surface area contributed by atoms with Gasteiger partial charge in [0.2, 0.25) is 0 Å². The van der Waals surface area contributed by atoms with E-state index in [4.69, 9.17) is 14.2 Å². The highest BCUT2D eigenvalue weighted by atomic mass is 16.6. The van der Waals surface area contributed by atoms with E-state index < -0.39 is 12.1 Å². The van der Waals surface area contributed by atoms with Crippen molar-refractivity contribution >= 4 is 17.9 Å². The third-order valence-corrected chi connectivity index (χ3v) is 11.1. The van der Waals surface area contributed by atoms with Crippen molar-refractivity contribution in [2.75, 3.05) is 13.2 Å². The molecule has 0 bridgehead atoms. The van der Waals surface area contributed by atoms with Crippen LogP contribution in [0.1, 0.15) is 226 Å². The van der Waals surface area contributed by atoms with Crippen LogP contribution < -0.4 is 0 Å². The Labute approximate surface area is 424 Å². The van der Waals surface area contributed by atoms with Gasteiger partial charge in [-0.15, -0.1) is 0 Å². The zero-order valence-corrected chi connectivity index (χ0v) is 44.3. The topological polar surface area (TPSA) is 78.9 Å². The molecule has 0 aromatic carbocycles. The first kappa shape index (κ1) is 64.5.